The maximum atomic E-state index is 11.2. The molecule has 0 radical (unpaired) electrons. The van der Waals surface area contributed by atoms with Crippen molar-refractivity contribution in [3.05, 3.63) is 72.3 Å². The minimum atomic E-state index is -0.861. The summed E-state index contributed by atoms with van der Waals surface area (Å²) >= 11 is 1.72. The lowest BCUT2D eigenvalue weighted by Gasteiger charge is -2.20. The second kappa shape index (κ2) is 6.44. The second-order valence-electron chi connectivity index (χ2n) is 6.26. The van der Waals surface area contributed by atoms with Gasteiger partial charge in [-0.05, 0) is 29.7 Å². The monoisotopic (exact) mass is 362 g/mol. The first-order valence-corrected chi connectivity index (χ1v) is 9.16. The van der Waals surface area contributed by atoms with Gasteiger partial charge in [-0.1, -0.05) is 60.7 Å². The number of benzene rings is 3. The van der Waals surface area contributed by atoms with E-state index in [2.05, 4.69) is 30.3 Å². The SMILES string of the molecule is CC(c1ccc2c(c1)sc1c(-c3ccccc3)cccc12)N(O)C(N)=O. The number of urea groups is 1. The van der Waals surface area contributed by atoms with Gasteiger partial charge in [0.1, 0.15) is 0 Å². The molecular weight excluding hydrogens is 344 g/mol. The number of fused-ring (bicyclic) bond motifs is 3. The van der Waals surface area contributed by atoms with Gasteiger partial charge in [-0.25, -0.2) is 4.79 Å². The summed E-state index contributed by atoms with van der Waals surface area (Å²) in [5, 5.41) is 12.8. The summed E-state index contributed by atoms with van der Waals surface area (Å²) < 4.78 is 2.35. The molecule has 0 spiro atoms. The number of hydrogen-bond donors (Lipinski definition) is 2. The lowest BCUT2D eigenvalue weighted by Crippen LogP contribution is -2.34. The number of thiophene rings is 1. The molecule has 0 fully saturated rings. The molecule has 0 saturated carbocycles. The number of carbonyl (C=O) groups excluding carboxylic acids is 1. The highest BCUT2D eigenvalue weighted by Gasteiger charge is 2.18. The Kier molecular flexibility index (Phi) is 4.11. The Balaban J connectivity index is 1.88. The first kappa shape index (κ1) is 16.6. The maximum Gasteiger partial charge on any atom is 0.339 e. The van der Waals surface area contributed by atoms with E-state index in [0.717, 1.165) is 10.3 Å². The summed E-state index contributed by atoms with van der Waals surface area (Å²) in [6.45, 7) is 1.74. The van der Waals surface area contributed by atoms with E-state index in [0.29, 0.717) is 5.06 Å². The van der Waals surface area contributed by atoms with Gasteiger partial charge in [0.2, 0.25) is 0 Å². The van der Waals surface area contributed by atoms with Crippen molar-refractivity contribution in [1.82, 2.24) is 5.06 Å². The van der Waals surface area contributed by atoms with Gasteiger partial charge in [-0.15, -0.1) is 11.3 Å². The number of hydrogen-bond acceptors (Lipinski definition) is 3. The standard InChI is InChI=1S/C21H18N2O2S/c1-13(23(25)21(22)24)15-10-11-17-18-9-5-8-16(14-6-3-2-4-7-14)20(18)26-19(17)12-15/h2-13,25H,1H3,(H2,22,24). The summed E-state index contributed by atoms with van der Waals surface area (Å²) in [4.78, 5) is 11.2. The van der Waals surface area contributed by atoms with Crippen LogP contribution in [0.2, 0.25) is 0 Å². The number of carbonyl (C=O) groups is 1. The summed E-state index contributed by atoms with van der Waals surface area (Å²) in [6, 6.07) is 21.3. The topological polar surface area (TPSA) is 66.6 Å². The molecule has 0 aliphatic heterocycles. The number of hydroxylamine groups is 2. The van der Waals surface area contributed by atoms with Gasteiger partial charge in [0, 0.05) is 20.2 Å². The molecule has 1 heterocycles. The Hall–Kier alpha value is -2.89. The van der Waals surface area contributed by atoms with Crippen molar-refractivity contribution in [3.63, 3.8) is 0 Å². The predicted octanol–water partition coefficient (Wildman–Crippen LogP) is 5.55. The molecule has 0 bridgehead atoms. The highest BCUT2D eigenvalue weighted by Crippen LogP contribution is 2.40. The lowest BCUT2D eigenvalue weighted by atomic mass is 10.0. The zero-order chi connectivity index (χ0) is 18.3. The molecule has 4 nitrogen and oxygen atoms in total. The molecule has 3 N–H and O–H groups in total. The van der Waals surface area contributed by atoms with Crippen molar-refractivity contribution >= 4 is 37.5 Å². The van der Waals surface area contributed by atoms with Crippen molar-refractivity contribution in [3.8, 4) is 11.1 Å². The highest BCUT2D eigenvalue weighted by molar-refractivity contribution is 7.26. The zero-order valence-electron chi connectivity index (χ0n) is 14.2. The number of amides is 2. The van der Waals surface area contributed by atoms with Crippen LogP contribution in [0.4, 0.5) is 4.79 Å². The van der Waals surface area contributed by atoms with E-state index in [-0.39, 0.29) is 0 Å². The largest absolute Gasteiger partial charge is 0.350 e. The lowest BCUT2D eigenvalue weighted by molar-refractivity contribution is -0.0709. The smallest absolute Gasteiger partial charge is 0.339 e. The molecule has 130 valence electrons. The predicted molar refractivity (Wildman–Crippen MR) is 106 cm³/mol. The number of rotatable bonds is 3. The van der Waals surface area contributed by atoms with Crippen molar-refractivity contribution in [2.45, 2.75) is 13.0 Å². The summed E-state index contributed by atoms with van der Waals surface area (Å²) in [6.07, 6.45) is 0. The summed E-state index contributed by atoms with van der Waals surface area (Å²) in [5.41, 5.74) is 8.41. The van der Waals surface area contributed by atoms with E-state index in [9.17, 15) is 10.0 Å². The van der Waals surface area contributed by atoms with Crippen LogP contribution in [0.5, 0.6) is 0 Å². The van der Waals surface area contributed by atoms with Gasteiger partial charge in [-0.3, -0.25) is 5.21 Å². The highest BCUT2D eigenvalue weighted by atomic mass is 32.1. The third-order valence-corrected chi connectivity index (χ3v) is 5.88. The minimum Gasteiger partial charge on any atom is -0.350 e. The Bertz CT molecular complexity index is 1110. The molecule has 1 unspecified atom stereocenters. The zero-order valence-corrected chi connectivity index (χ0v) is 15.0. The molecular formula is C21H18N2O2S. The molecule has 1 atom stereocenters. The van der Waals surface area contributed by atoms with Gasteiger partial charge in [0.15, 0.2) is 0 Å². The molecule has 2 amide bonds. The Morgan fingerprint density at radius 2 is 1.81 bits per heavy atom. The van der Waals surface area contributed by atoms with Gasteiger partial charge >= 0.3 is 6.03 Å². The second-order valence-corrected chi connectivity index (χ2v) is 7.32. The van der Waals surface area contributed by atoms with E-state index in [1.807, 2.05) is 36.4 Å². The molecule has 4 aromatic rings. The molecule has 0 aliphatic rings. The van der Waals surface area contributed by atoms with Gasteiger partial charge in [-0.2, -0.15) is 5.06 Å². The van der Waals surface area contributed by atoms with Crippen LogP contribution in [-0.2, 0) is 0 Å². The quantitative estimate of drug-likeness (QED) is 0.370. The van der Waals surface area contributed by atoms with Crippen LogP contribution in [-0.4, -0.2) is 16.3 Å². The van der Waals surface area contributed by atoms with Crippen LogP contribution in [0.3, 0.4) is 0 Å². The first-order chi connectivity index (χ1) is 12.6. The average molecular weight is 362 g/mol. The number of nitrogens with two attached hydrogens (primary N) is 1. The third-order valence-electron chi connectivity index (χ3n) is 4.68. The van der Waals surface area contributed by atoms with Crippen LogP contribution in [0.15, 0.2) is 66.7 Å². The fraction of sp³-hybridized carbons (Fsp3) is 0.0952. The van der Waals surface area contributed by atoms with Crippen LogP contribution >= 0.6 is 11.3 Å². The molecule has 0 saturated heterocycles. The van der Waals surface area contributed by atoms with Crippen molar-refractivity contribution < 1.29 is 10.0 Å². The Morgan fingerprint density at radius 3 is 2.54 bits per heavy atom. The van der Waals surface area contributed by atoms with E-state index in [4.69, 9.17) is 5.73 Å². The Labute approximate surface area is 155 Å². The van der Waals surface area contributed by atoms with Crippen molar-refractivity contribution in [2.24, 2.45) is 5.73 Å². The fourth-order valence-electron chi connectivity index (χ4n) is 3.25. The molecule has 3 aromatic carbocycles. The van der Waals surface area contributed by atoms with Gasteiger partial charge in [0.05, 0.1) is 6.04 Å². The number of nitrogens with zero attached hydrogens (tertiary/aromatic N) is 1. The van der Waals surface area contributed by atoms with Crippen molar-refractivity contribution in [1.29, 1.82) is 0 Å². The fourth-order valence-corrected chi connectivity index (χ4v) is 4.54. The van der Waals surface area contributed by atoms with Gasteiger partial charge < -0.3 is 5.73 Å². The van der Waals surface area contributed by atoms with E-state index >= 15 is 0 Å². The molecule has 26 heavy (non-hydrogen) atoms. The molecule has 4 rings (SSSR count). The van der Waals surface area contributed by atoms with Crippen molar-refractivity contribution in [2.75, 3.05) is 0 Å². The minimum absolute atomic E-state index is 0.504. The van der Waals surface area contributed by atoms with E-state index in [1.165, 1.54) is 26.6 Å². The maximum absolute atomic E-state index is 11.2. The van der Waals surface area contributed by atoms with Crippen LogP contribution in [0.1, 0.15) is 18.5 Å². The normalized spacial score (nSPS) is 12.4. The van der Waals surface area contributed by atoms with Crippen LogP contribution in [0, 0.1) is 0 Å². The van der Waals surface area contributed by atoms with Crippen LogP contribution in [0.25, 0.3) is 31.3 Å². The molecule has 5 heteroatoms. The first-order valence-electron chi connectivity index (χ1n) is 8.34. The van der Waals surface area contributed by atoms with Crippen LogP contribution < -0.4 is 5.73 Å². The van der Waals surface area contributed by atoms with E-state index in [1.54, 1.807) is 18.3 Å². The molecule has 1 aromatic heterocycles. The molecule has 0 aliphatic carbocycles. The third kappa shape index (κ3) is 2.71. The summed E-state index contributed by atoms with van der Waals surface area (Å²) in [5.74, 6) is 0. The Morgan fingerprint density at radius 1 is 1.04 bits per heavy atom. The van der Waals surface area contributed by atoms with E-state index < -0.39 is 12.1 Å². The van der Waals surface area contributed by atoms with Gasteiger partial charge in [0.25, 0.3) is 0 Å². The summed E-state index contributed by atoms with van der Waals surface area (Å²) in [7, 11) is 0. The number of primary amides is 1. The average Bonchev–Trinajstić information content (AvgIpc) is 3.05.